The van der Waals surface area contributed by atoms with E-state index in [-0.39, 0.29) is 0 Å². The van der Waals surface area contributed by atoms with Gasteiger partial charge in [-0.3, -0.25) is 9.88 Å². The summed E-state index contributed by atoms with van der Waals surface area (Å²) in [4.78, 5) is 7.03. The highest BCUT2D eigenvalue weighted by molar-refractivity contribution is 5.79. The molecule has 3 rings (SSSR count). The van der Waals surface area contributed by atoms with Crippen molar-refractivity contribution >= 4 is 10.9 Å². The molecule has 112 valence electrons. The average molecular weight is 283 g/mol. The van der Waals surface area contributed by atoms with Crippen molar-refractivity contribution in [2.75, 3.05) is 13.1 Å². The molecular weight excluding hydrogens is 258 g/mol. The van der Waals surface area contributed by atoms with Crippen LogP contribution in [0.4, 0.5) is 0 Å². The van der Waals surface area contributed by atoms with E-state index in [0.29, 0.717) is 12.0 Å². The second-order valence-electron chi connectivity index (χ2n) is 7.02. The van der Waals surface area contributed by atoms with Crippen molar-refractivity contribution in [1.29, 1.82) is 0 Å². The van der Waals surface area contributed by atoms with Gasteiger partial charge in [0.05, 0.1) is 5.52 Å². The minimum atomic E-state index is 0.514. The molecule has 0 radical (unpaired) electrons. The molecule has 0 spiro atoms. The van der Waals surface area contributed by atoms with E-state index in [4.69, 9.17) is 5.73 Å². The normalized spacial score (nSPS) is 19.0. The molecule has 1 aromatic carbocycles. The SMILES string of the molecule is CC1(C)CCN(Cc2ccc3ncc(CN)cc3c2)CC1. The van der Waals surface area contributed by atoms with Crippen molar-refractivity contribution in [3.63, 3.8) is 0 Å². The monoisotopic (exact) mass is 283 g/mol. The van der Waals surface area contributed by atoms with E-state index >= 15 is 0 Å². The van der Waals surface area contributed by atoms with Crippen molar-refractivity contribution in [3.05, 3.63) is 41.6 Å². The number of hydrogen-bond acceptors (Lipinski definition) is 3. The fraction of sp³-hybridized carbons (Fsp3) is 0.500. The Kier molecular flexibility index (Phi) is 3.96. The Labute approximate surface area is 127 Å². The average Bonchev–Trinajstić information content (AvgIpc) is 2.48. The molecule has 3 nitrogen and oxygen atoms in total. The lowest BCUT2D eigenvalue weighted by atomic mass is 9.82. The molecule has 0 aliphatic carbocycles. The molecule has 2 aromatic rings. The van der Waals surface area contributed by atoms with Gasteiger partial charge in [0.25, 0.3) is 0 Å². The van der Waals surface area contributed by atoms with Gasteiger partial charge >= 0.3 is 0 Å². The van der Waals surface area contributed by atoms with E-state index in [0.717, 1.165) is 17.6 Å². The Morgan fingerprint density at radius 3 is 2.57 bits per heavy atom. The third kappa shape index (κ3) is 3.42. The first-order valence-electron chi connectivity index (χ1n) is 7.86. The number of nitrogens with zero attached hydrogens (tertiary/aromatic N) is 2. The maximum atomic E-state index is 5.71. The van der Waals surface area contributed by atoms with Crippen LogP contribution in [0.1, 0.15) is 37.8 Å². The summed E-state index contributed by atoms with van der Waals surface area (Å²) in [6.07, 6.45) is 4.45. The minimum absolute atomic E-state index is 0.514. The van der Waals surface area contributed by atoms with Gasteiger partial charge in [-0.15, -0.1) is 0 Å². The molecule has 21 heavy (non-hydrogen) atoms. The Balaban J connectivity index is 1.75. The highest BCUT2D eigenvalue weighted by Crippen LogP contribution is 2.30. The van der Waals surface area contributed by atoms with Crippen molar-refractivity contribution in [2.45, 2.75) is 39.8 Å². The maximum absolute atomic E-state index is 5.71. The second-order valence-corrected chi connectivity index (χ2v) is 7.02. The Morgan fingerprint density at radius 2 is 1.86 bits per heavy atom. The zero-order valence-electron chi connectivity index (χ0n) is 13.1. The molecule has 1 aliphatic heterocycles. The van der Waals surface area contributed by atoms with Gasteiger partial charge in [-0.05, 0) is 60.7 Å². The van der Waals surface area contributed by atoms with Crippen molar-refractivity contribution in [2.24, 2.45) is 11.1 Å². The number of aromatic nitrogens is 1. The number of rotatable bonds is 3. The summed E-state index contributed by atoms with van der Waals surface area (Å²) >= 11 is 0. The highest BCUT2D eigenvalue weighted by Gasteiger charge is 2.25. The number of hydrogen-bond donors (Lipinski definition) is 1. The smallest absolute Gasteiger partial charge is 0.0702 e. The van der Waals surface area contributed by atoms with Crippen molar-refractivity contribution in [3.8, 4) is 0 Å². The number of fused-ring (bicyclic) bond motifs is 1. The topological polar surface area (TPSA) is 42.2 Å². The van der Waals surface area contributed by atoms with Crippen LogP contribution in [0.15, 0.2) is 30.5 Å². The summed E-state index contributed by atoms with van der Waals surface area (Å²) in [7, 11) is 0. The molecule has 1 fully saturated rings. The first kappa shape index (κ1) is 14.5. The molecule has 0 atom stereocenters. The molecule has 2 N–H and O–H groups in total. The van der Waals surface area contributed by atoms with Crippen LogP contribution < -0.4 is 5.73 Å². The van der Waals surface area contributed by atoms with Gasteiger partial charge in [-0.1, -0.05) is 19.9 Å². The van der Waals surface area contributed by atoms with Gasteiger partial charge in [0.1, 0.15) is 0 Å². The molecule has 2 heterocycles. The number of piperidine rings is 1. The van der Waals surface area contributed by atoms with Crippen LogP contribution in [0, 0.1) is 5.41 Å². The van der Waals surface area contributed by atoms with E-state index in [1.807, 2.05) is 6.20 Å². The Morgan fingerprint density at radius 1 is 1.14 bits per heavy atom. The number of benzene rings is 1. The number of pyridine rings is 1. The second kappa shape index (κ2) is 5.74. The Hall–Kier alpha value is -1.45. The number of nitrogens with two attached hydrogens (primary N) is 1. The molecular formula is C18H25N3. The zero-order chi connectivity index (χ0) is 14.9. The minimum Gasteiger partial charge on any atom is -0.326 e. The summed E-state index contributed by atoms with van der Waals surface area (Å²) in [5.74, 6) is 0. The van der Waals surface area contributed by atoms with E-state index < -0.39 is 0 Å². The highest BCUT2D eigenvalue weighted by atomic mass is 15.1. The lowest BCUT2D eigenvalue weighted by Gasteiger charge is -2.36. The van der Waals surface area contributed by atoms with Crippen molar-refractivity contribution in [1.82, 2.24) is 9.88 Å². The summed E-state index contributed by atoms with van der Waals surface area (Å²) in [5.41, 5.74) is 9.74. The third-order valence-electron chi connectivity index (χ3n) is 4.65. The maximum Gasteiger partial charge on any atom is 0.0702 e. The predicted molar refractivity (Wildman–Crippen MR) is 87.9 cm³/mol. The Bertz CT molecular complexity index is 623. The summed E-state index contributed by atoms with van der Waals surface area (Å²) < 4.78 is 0. The quantitative estimate of drug-likeness (QED) is 0.939. The summed E-state index contributed by atoms with van der Waals surface area (Å²) in [5, 5.41) is 1.20. The third-order valence-corrected chi connectivity index (χ3v) is 4.65. The lowest BCUT2D eigenvalue weighted by Crippen LogP contribution is -2.36. The first-order chi connectivity index (χ1) is 10.1. The molecule has 3 heteroatoms. The van der Waals surface area contributed by atoms with Crippen LogP contribution in [0.25, 0.3) is 10.9 Å². The fourth-order valence-corrected chi connectivity index (χ4v) is 3.01. The van der Waals surface area contributed by atoms with Crippen LogP contribution >= 0.6 is 0 Å². The van der Waals surface area contributed by atoms with Gasteiger partial charge in [0.2, 0.25) is 0 Å². The van der Waals surface area contributed by atoms with Gasteiger partial charge in [0.15, 0.2) is 0 Å². The van der Waals surface area contributed by atoms with E-state index in [1.165, 1.54) is 36.9 Å². The fourth-order valence-electron chi connectivity index (χ4n) is 3.01. The molecule has 0 saturated carbocycles. The standard InChI is InChI=1S/C18H25N3/c1-18(2)5-7-21(8-6-18)13-14-3-4-17-16(9-14)10-15(11-19)12-20-17/h3-4,9-10,12H,5-8,11,13,19H2,1-2H3. The molecule has 1 aromatic heterocycles. The summed E-state index contributed by atoms with van der Waals surface area (Å²) in [6, 6.07) is 8.75. The first-order valence-corrected chi connectivity index (χ1v) is 7.86. The van der Waals surface area contributed by atoms with Crippen LogP contribution in [-0.4, -0.2) is 23.0 Å². The van der Waals surface area contributed by atoms with Crippen LogP contribution in [-0.2, 0) is 13.1 Å². The molecule has 1 saturated heterocycles. The van der Waals surface area contributed by atoms with Crippen LogP contribution in [0.5, 0.6) is 0 Å². The molecule has 0 unspecified atom stereocenters. The van der Waals surface area contributed by atoms with E-state index in [1.54, 1.807) is 0 Å². The number of likely N-dealkylation sites (tertiary alicyclic amines) is 1. The predicted octanol–water partition coefficient (Wildman–Crippen LogP) is 3.32. The molecule has 0 amide bonds. The zero-order valence-corrected chi connectivity index (χ0v) is 13.1. The van der Waals surface area contributed by atoms with Gasteiger partial charge < -0.3 is 5.73 Å². The van der Waals surface area contributed by atoms with Crippen LogP contribution in [0.3, 0.4) is 0 Å². The largest absolute Gasteiger partial charge is 0.326 e. The van der Waals surface area contributed by atoms with Gasteiger partial charge in [0, 0.05) is 24.7 Å². The van der Waals surface area contributed by atoms with Gasteiger partial charge in [-0.25, -0.2) is 0 Å². The van der Waals surface area contributed by atoms with E-state index in [9.17, 15) is 0 Å². The summed E-state index contributed by atoms with van der Waals surface area (Å²) in [6.45, 7) is 8.74. The van der Waals surface area contributed by atoms with Crippen molar-refractivity contribution < 1.29 is 0 Å². The molecule has 0 bridgehead atoms. The van der Waals surface area contributed by atoms with Crippen LogP contribution in [0.2, 0.25) is 0 Å². The molecule has 1 aliphatic rings. The van der Waals surface area contributed by atoms with E-state index in [2.05, 4.69) is 48.0 Å². The lowest BCUT2D eigenvalue weighted by molar-refractivity contribution is 0.127. The van der Waals surface area contributed by atoms with Gasteiger partial charge in [-0.2, -0.15) is 0 Å².